The Morgan fingerprint density at radius 3 is 3.00 bits per heavy atom. The molecule has 2 rings (SSSR count). The zero-order valence-electron chi connectivity index (χ0n) is 9.76. The topological polar surface area (TPSA) is 94.6 Å². The van der Waals surface area contributed by atoms with Gasteiger partial charge < -0.3 is 14.5 Å². The van der Waals surface area contributed by atoms with Crippen LogP contribution in [-0.2, 0) is 4.74 Å². The summed E-state index contributed by atoms with van der Waals surface area (Å²) in [5.41, 5.74) is 0. The highest BCUT2D eigenvalue weighted by Crippen LogP contribution is 2.16. The van der Waals surface area contributed by atoms with E-state index >= 15 is 0 Å². The molecule has 7 heteroatoms. The van der Waals surface area contributed by atoms with E-state index in [0.29, 0.717) is 6.54 Å². The number of carbonyl (C=O) groups excluding carboxylic acids is 1. The number of nitrogens with one attached hydrogen (secondary N) is 1. The third kappa shape index (κ3) is 3.07. The van der Waals surface area contributed by atoms with Gasteiger partial charge in [-0.2, -0.15) is 0 Å². The lowest BCUT2D eigenvalue weighted by Crippen LogP contribution is -2.26. The monoisotopic (exact) mass is 254 g/mol. The van der Waals surface area contributed by atoms with E-state index in [9.17, 15) is 14.9 Å². The van der Waals surface area contributed by atoms with Crippen LogP contribution in [0.3, 0.4) is 0 Å². The fourth-order valence-corrected chi connectivity index (χ4v) is 1.85. The van der Waals surface area contributed by atoms with E-state index in [-0.39, 0.29) is 11.9 Å². The van der Waals surface area contributed by atoms with Crippen LogP contribution in [0.2, 0.25) is 0 Å². The smallest absolute Gasteiger partial charge is 0.395 e. The molecule has 0 radical (unpaired) electrons. The van der Waals surface area contributed by atoms with Crippen molar-refractivity contribution in [2.24, 2.45) is 0 Å². The van der Waals surface area contributed by atoms with Gasteiger partial charge in [0, 0.05) is 13.2 Å². The predicted octanol–water partition coefficient (Wildman–Crippen LogP) is 1.49. The lowest BCUT2D eigenvalue weighted by molar-refractivity contribution is -0.402. The number of ether oxygens (including phenoxy) is 1. The molecule has 1 aliphatic heterocycles. The van der Waals surface area contributed by atoms with Crippen molar-refractivity contribution in [3.8, 4) is 0 Å². The molecule has 2 heterocycles. The summed E-state index contributed by atoms with van der Waals surface area (Å²) in [4.78, 5) is 21.3. The van der Waals surface area contributed by atoms with Gasteiger partial charge in [0.25, 0.3) is 5.91 Å². The van der Waals surface area contributed by atoms with Crippen LogP contribution in [0.4, 0.5) is 5.88 Å². The van der Waals surface area contributed by atoms with Crippen LogP contribution in [0.25, 0.3) is 0 Å². The van der Waals surface area contributed by atoms with E-state index in [4.69, 9.17) is 9.15 Å². The van der Waals surface area contributed by atoms with E-state index in [1.807, 2.05) is 0 Å². The first-order chi connectivity index (χ1) is 8.66. The lowest BCUT2D eigenvalue weighted by atomic mass is 10.2. The van der Waals surface area contributed by atoms with Crippen molar-refractivity contribution in [1.82, 2.24) is 5.32 Å². The van der Waals surface area contributed by atoms with Crippen LogP contribution in [0.5, 0.6) is 0 Å². The second-order valence-corrected chi connectivity index (χ2v) is 4.07. The highest BCUT2D eigenvalue weighted by Gasteiger charge is 2.18. The first kappa shape index (κ1) is 12.6. The van der Waals surface area contributed by atoms with Gasteiger partial charge in [-0.25, -0.2) is 0 Å². The molecule has 1 atom stereocenters. The largest absolute Gasteiger partial charge is 0.433 e. The quantitative estimate of drug-likeness (QED) is 0.634. The average molecular weight is 254 g/mol. The molecule has 1 aliphatic rings. The van der Waals surface area contributed by atoms with E-state index in [2.05, 4.69) is 5.32 Å². The van der Waals surface area contributed by atoms with Gasteiger partial charge in [-0.1, -0.05) is 0 Å². The molecule has 0 saturated carbocycles. The first-order valence-corrected chi connectivity index (χ1v) is 5.81. The number of hydrogen-bond donors (Lipinski definition) is 1. The zero-order valence-corrected chi connectivity index (χ0v) is 9.76. The van der Waals surface area contributed by atoms with Crippen LogP contribution in [0.1, 0.15) is 29.8 Å². The maximum atomic E-state index is 11.6. The maximum absolute atomic E-state index is 11.6. The molecule has 1 N–H and O–H groups in total. The molecule has 18 heavy (non-hydrogen) atoms. The van der Waals surface area contributed by atoms with E-state index in [1.54, 1.807) is 0 Å². The molecule has 0 unspecified atom stereocenters. The van der Waals surface area contributed by atoms with E-state index < -0.39 is 16.7 Å². The minimum absolute atomic E-state index is 0.0472. The first-order valence-electron chi connectivity index (χ1n) is 5.81. The SMILES string of the molecule is O=C(NCC[C@@H]1CCCO1)c1ccc([N+](=O)[O-])o1. The minimum atomic E-state index is -0.677. The summed E-state index contributed by atoms with van der Waals surface area (Å²) in [6.07, 6.45) is 3.02. The predicted molar refractivity (Wildman–Crippen MR) is 61.3 cm³/mol. The molecular weight excluding hydrogens is 240 g/mol. The fraction of sp³-hybridized carbons (Fsp3) is 0.545. The number of carbonyl (C=O) groups is 1. The highest BCUT2D eigenvalue weighted by atomic mass is 16.6. The highest BCUT2D eigenvalue weighted by molar-refractivity contribution is 5.91. The Morgan fingerprint density at radius 2 is 2.39 bits per heavy atom. The van der Waals surface area contributed by atoms with Crippen molar-refractivity contribution >= 4 is 11.8 Å². The second-order valence-electron chi connectivity index (χ2n) is 4.07. The molecule has 0 aromatic carbocycles. The van der Waals surface area contributed by atoms with Crippen molar-refractivity contribution in [2.45, 2.75) is 25.4 Å². The molecule has 7 nitrogen and oxygen atoms in total. The summed E-state index contributed by atoms with van der Waals surface area (Å²) in [6.45, 7) is 1.25. The molecule has 1 aromatic rings. The minimum Gasteiger partial charge on any atom is -0.395 e. The summed E-state index contributed by atoms with van der Waals surface area (Å²) in [5.74, 6) is -0.922. The molecule has 0 bridgehead atoms. The standard InChI is InChI=1S/C11H14N2O5/c14-11(9-3-4-10(18-9)13(15)16)12-6-5-8-2-1-7-17-8/h3-4,8H,1-2,5-7H2,(H,12,14)/t8-/m0/s1. The van der Waals surface area contributed by atoms with Crippen molar-refractivity contribution < 1.29 is 18.9 Å². The average Bonchev–Trinajstić information content (AvgIpc) is 2.99. The van der Waals surface area contributed by atoms with Crippen LogP contribution in [0, 0.1) is 10.1 Å². The Hall–Kier alpha value is -1.89. The third-order valence-corrected chi connectivity index (χ3v) is 2.77. The Kier molecular flexibility index (Phi) is 3.93. The Morgan fingerprint density at radius 1 is 1.56 bits per heavy atom. The van der Waals surface area contributed by atoms with Crippen molar-refractivity contribution in [3.63, 3.8) is 0 Å². The fourth-order valence-electron chi connectivity index (χ4n) is 1.85. The molecular formula is C11H14N2O5. The number of amides is 1. The summed E-state index contributed by atoms with van der Waals surface area (Å²) in [7, 11) is 0. The van der Waals surface area contributed by atoms with Gasteiger partial charge in [-0.3, -0.25) is 14.9 Å². The third-order valence-electron chi connectivity index (χ3n) is 2.77. The van der Waals surface area contributed by atoms with Crippen LogP contribution in [-0.4, -0.2) is 30.1 Å². The van der Waals surface area contributed by atoms with E-state index in [1.165, 1.54) is 6.07 Å². The number of hydrogen-bond acceptors (Lipinski definition) is 5. The number of nitro groups is 1. The molecule has 1 saturated heterocycles. The zero-order chi connectivity index (χ0) is 13.0. The summed E-state index contributed by atoms with van der Waals surface area (Å²) in [6, 6.07) is 2.45. The number of rotatable bonds is 5. The Bertz CT molecular complexity index is 436. The van der Waals surface area contributed by atoms with Crippen LogP contribution >= 0.6 is 0 Å². The van der Waals surface area contributed by atoms with Crippen molar-refractivity contribution in [1.29, 1.82) is 0 Å². The van der Waals surface area contributed by atoms with Gasteiger partial charge in [-0.05, 0) is 25.3 Å². The molecule has 1 aromatic heterocycles. The Labute approximate surface area is 103 Å². The number of furan rings is 1. The molecule has 0 aliphatic carbocycles. The molecule has 0 spiro atoms. The van der Waals surface area contributed by atoms with Crippen LogP contribution < -0.4 is 5.32 Å². The maximum Gasteiger partial charge on any atom is 0.433 e. The molecule has 98 valence electrons. The normalized spacial score (nSPS) is 18.8. The summed E-state index contributed by atoms with van der Waals surface area (Å²) in [5, 5.41) is 13.0. The Balaban J connectivity index is 1.77. The lowest BCUT2D eigenvalue weighted by Gasteiger charge is -2.08. The van der Waals surface area contributed by atoms with Gasteiger partial charge in [-0.15, -0.1) is 0 Å². The van der Waals surface area contributed by atoms with Gasteiger partial charge in [0.05, 0.1) is 12.2 Å². The van der Waals surface area contributed by atoms with E-state index in [0.717, 1.165) is 31.9 Å². The van der Waals surface area contributed by atoms with Gasteiger partial charge >= 0.3 is 5.88 Å². The molecule has 1 fully saturated rings. The second kappa shape index (κ2) is 5.63. The van der Waals surface area contributed by atoms with Gasteiger partial charge in [0.1, 0.15) is 4.92 Å². The van der Waals surface area contributed by atoms with Crippen molar-refractivity contribution in [2.75, 3.05) is 13.2 Å². The van der Waals surface area contributed by atoms with Gasteiger partial charge in [0.2, 0.25) is 0 Å². The summed E-state index contributed by atoms with van der Waals surface area (Å²) < 4.78 is 10.2. The number of nitrogens with zero attached hydrogens (tertiary/aromatic N) is 1. The van der Waals surface area contributed by atoms with Crippen LogP contribution in [0.15, 0.2) is 16.5 Å². The summed E-state index contributed by atoms with van der Waals surface area (Å²) >= 11 is 0. The van der Waals surface area contributed by atoms with Gasteiger partial charge in [0.15, 0.2) is 5.76 Å². The van der Waals surface area contributed by atoms with Crippen molar-refractivity contribution in [3.05, 3.63) is 28.0 Å². The molecule has 1 amide bonds.